The molecule has 0 spiro atoms. The summed E-state index contributed by atoms with van der Waals surface area (Å²) < 4.78 is 0. The summed E-state index contributed by atoms with van der Waals surface area (Å²) in [6.45, 7) is 0.573. The third-order valence-corrected chi connectivity index (χ3v) is 0.407. The Morgan fingerprint density at radius 3 is 2.67 bits per heavy atom. The standard InChI is InChI=1S/C3H8N2O/c4-5-2-1-3-6/h3,5H,1-2,4H2. The van der Waals surface area contributed by atoms with Gasteiger partial charge in [0.15, 0.2) is 0 Å². The lowest BCUT2D eigenvalue weighted by molar-refractivity contribution is -0.107. The van der Waals surface area contributed by atoms with E-state index in [0.29, 0.717) is 13.0 Å². The molecule has 6 heavy (non-hydrogen) atoms. The summed E-state index contributed by atoms with van der Waals surface area (Å²) in [7, 11) is 0. The Bertz CT molecular complexity index is 37.8. The van der Waals surface area contributed by atoms with Crippen LogP contribution in [0.15, 0.2) is 0 Å². The van der Waals surface area contributed by atoms with Crippen LogP contribution in [0, 0.1) is 0 Å². The van der Waals surface area contributed by atoms with Gasteiger partial charge < -0.3 is 4.79 Å². The lowest BCUT2D eigenvalue weighted by atomic mass is 10.5. The van der Waals surface area contributed by atoms with Crippen molar-refractivity contribution < 1.29 is 4.79 Å². The summed E-state index contributed by atoms with van der Waals surface area (Å²) in [6.07, 6.45) is 1.32. The lowest BCUT2D eigenvalue weighted by Gasteiger charge is -1.84. The largest absolute Gasteiger partial charge is 0.303 e. The van der Waals surface area contributed by atoms with Crippen LogP contribution in [0.1, 0.15) is 6.42 Å². The first-order valence-electron chi connectivity index (χ1n) is 1.79. The van der Waals surface area contributed by atoms with Crippen molar-refractivity contribution in [1.29, 1.82) is 0 Å². The number of hydrogen-bond donors (Lipinski definition) is 2. The Morgan fingerprint density at radius 2 is 2.50 bits per heavy atom. The summed E-state index contributed by atoms with van der Waals surface area (Å²) in [5.41, 5.74) is 2.34. The normalized spacial score (nSPS) is 8.17. The highest BCUT2D eigenvalue weighted by Gasteiger charge is 1.73. The smallest absolute Gasteiger partial charge is 0.121 e. The van der Waals surface area contributed by atoms with Gasteiger partial charge in [0.1, 0.15) is 6.29 Å². The molecular weight excluding hydrogens is 80.0 g/mol. The van der Waals surface area contributed by atoms with Gasteiger partial charge in [-0.15, -0.1) is 0 Å². The van der Waals surface area contributed by atoms with Gasteiger partial charge in [0.25, 0.3) is 0 Å². The fourth-order valence-corrected chi connectivity index (χ4v) is 0.142. The first-order chi connectivity index (χ1) is 2.91. The van der Waals surface area contributed by atoms with E-state index in [1.807, 2.05) is 0 Å². The van der Waals surface area contributed by atoms with Gasteiger partial charge in [0, 0.05) is 13.0 Å². The number of nitrogens with one attached hydrogen (secondary N) is 1. The molecule has 0 saturated heterocycles. The van der Waals surface area contributed by atoms with E-state index in [-0.39, 0.29) is 0 Å². The van der Waals surface area contributed by atoms with E-state index >= 15 is 0 Å². The van der Waals surface area contributed by atoms with E-state index in [1.54, 1.807) is 0 Å². The summed E-state index contributed by atoms with van der Waals surface area (Å²) in [6, 6.07) is 0. The molecule has 0 saturated carbocycles. The van der Waals surface area contributed by atoms with E-state index < -0.39 is 0 Å². The van der Waals surface area contributed by atoms with Crippen LogP contribution >= 0.6 is 0 Å². The number of hydrogen-bond acceptors (Lipinski definition) is 3. The van der Waals surface area contributed by atoms with Crippen LogP contribution in [0.25, 0.3) is 0 Å². The number of aldehydes is 1. The van der Waals surface area contributed by atoms with Crippen molar-refractivity contribution >= 4 is 6.29 Å². The Kier molecular flexibility index (Phi) is 4.28. The van der Waals surface area contributed by atoms with Gasteiger partial charge in [-0.1, -0.05) is 0 Å². The van der Waals surface area contributed by atoms with E-state index in [4.69, 9.17) is 5.84 Å². The molecule has 0 bridgehead atoms. The maximum Gasteiger partial charge on any atom is 0.121 e. The fourth-order valence-electron chi connectivity index (χ4n) is 0.142. The second-order valence-corrected chi connectivity index (χ2v) is 0.909. The number of hydrazine groups is 1. The van der Waals surface area contributed by atoms with E-state index in [1.165, 1.54) is 0 Å². The third kappa shape index (κ3) is 3.59. The Balaban J connectivity index is 2.49. The highest BCUT2D eigenvalue weighted by atomic mass is 16.1. The summed E-state index contributed by atoms with van der Waals surface area (Å²) in [5.74, 6) is 4.81. The van der Waals surface area contributed by atoms with Gasteiger partial charge in [-0.2, -0.15) is 0 Å². The Labute approximate surface area is 36.5 Å². The van der Waals surface area contributed by atoms with Gasteiger partial charge in [0.2, 0.25) is 0 Å². The molecule has 0 radical (unpaired) electrons. The zero-order valence-electron chi connectivity index (χ0n) is 3.48. The van der Waals surface area contributed by atoms with Crippen molar-refractivity contribution in [2.45, 2.75) is 6.42 Å². The molecule has 0 aromatic heterocycles. The highest BCUT2D eigenvalue weighted by Crippen LogP contribution is 1.58. The molecule has 36 valence electrons. The molecule has 0 rings (SSSR count). The van der Waals surface area contributed by atoms with Crippen molar-refractivity contribution in [2.24, 2.45) is 5.84 Å². The molecule has 0 aliphatic carbocycles. The van der Waals surface area contributed by atoms with Crippen molar-refractivity contribution in [3.05, 3.63) is 0 Å². The Morgan fingerprint density at radius 1 is 1.83 bits per heavy atom. The number of carbonyl (C=O) groups is 1. The summed E-state index contributed by atoms with van der Waals surface area (Å²) >= 11 is 0. The monoisotopic (exact) mass is 88.1 g/mol. The molecule has 0 fully saturated rings. The van der Waals surface area contributed by atoms with Crippen LogP contribution in [-0.4, -0.2) is 12.8 Å². The van der Waals surface area contributed by atoms with Gasteiger partial charge in [0.05, 0.1) is 0 Å². The molecule has 0 aliphatic rings. The number of carbonyl (C=O) groups excluding carboxylic acids is 1. The quantitative estimate of drug-likeness (QED) is 0.202. The maximum atomic E-state index is 9.47. The van der Waals surface area contributed by atoms with Crippen molar-refractivity contribution in [3.63, 3.8) is 0 Å². The molecule has 0 aromatic rings. The second kappa shape index (κ2) is 4.59. The molecular formula is C3H8N2O. The Hall–Kier alpha value is -0.410. The first kappa shape index (κ1) is 5.59. The van der Waals surface area contributed by atoms with Gasteiger partial charge >= 0.3 is 0 Å². The highest BCUT2D eigenvalue weighted by molar-refractivity contribution is 5.49. The van der Waals surface area contributed by atoms with E-state index in [0.717, 1.165) is 6.29 Å². The minimum absolute atomic E-state index is 0.497. The topological polar surface area (TPSA) is 55.1 Å². The van der Waals surface area contributed by atoms with E-state index in [9.17, 15) is 4.79 Å². The average Bonchev–Trinajstić information content (AvgIpc) is 1.61. The predicted octanol–water partition coefficient (Wildman–Crippen LogP) is -0.961. The maximum absolute atomic E-state index is 9.47. The molecule has 3 N–H and O–H groups in total. The summed E-state index contributed by atoms with van der Waals surface area (Å²) in [4.78, 5) is 9.47. The van der Waals surface area contributed by atoms with Crippen LogP contribution in [0.4, 0.5) is 0 Å². The van der Waals surface area contributed by atoms with Crippen molar-refractivity contribution in [3.8, 4) is 0 Å². The zero-order chi connectivity index (χ0) is 4.83. The number of nitrogens with two attached hydrogens (primary N) is 1. The molecule has 0 amide bonds. The minimum Gasteiger partial charge on any atom is -0.303 e. The van der Waals surface area contributed by atoms with Crippen molar-refractivity contribution in [1.82, 2.24) is 5.43 Å². The number of rotatable bonds is 3. The molecule has 0 aromatic carbocycles. The molecule has 3 nitrogen and oxygen atoms in total. The minimum atomic E-state index is 0.497. The van der Waals surface area contributed by atoms with Gasteiger partial charge in [-0.05, 0) is 0 Å². The van der Waals surface area contributed by atoms with Crippen LogP contribution in [-0.2, 0) is 4.79 Å². The van der Waals surface area contributed by atoms with Crippen LogP contribution < -0.4 is 11.3 Å². The summed E-state index contributed by atoms with van der Waals surface area (Å²) in [5, 5.41) is 0. The second-order valence-electron chi connectivity index (χ2n) is 0.909. The molecule has 0 aliphatic heterocycles. The van der Waals surface area contributed by atoms with Gasteiger partial charge in [-0.25, -0.2) is 0 Å². The van der Waals surface area contributed by atoms with Crippen LogP contribution in [0.3, 0.4) is 0 Å². The molecule has 0 unspecified atom stereocenters. The third-order valence-electron chi connectivity index (χ3n) is 0.407. The predicted molar refractivity (Wildman–Crippen MR) is 22.9 cm³/mol. The molecule has 3 heteroatoms. The van der Waals surface area contributed by atoms with Crippen LogP contribution in [0.5, 0.6) is 0 Å². The molecule has 0 atom stereocenters. The average molecular weight is 88.1 g/mol. The zero-order valence-corrected chi connectivity index (χ0v) is 3.48. The van der Waals surface area contributed by atoms with Crippen LogP contribution in [0.2, 0.25) is 0 Å². The van der Waals surface area contributed by atoms with Gasteiger partial charge in [-0.3, -0.25) is 11.3 Å². The first-order valence-corrected chi connectivity index (χ1v) is 1.79. The SMILES string of the molecule is NNCCC=O. The van der Waals surface area contributed by atoms with E-state index in [2.05, 4.69) is 5.43 Å². The lowest BCUT2D eigenvalue weighted by Crippen LogP contribution is -2.22. The fraction of sp³-hybridized carbons (Fsp3) is 0.667. The molecule has 0 heterocycles. The van der Waals surface area contributed by atoms with Crippen molar-refractivity contribution in [2.75, 3.05) is 6.54 Å².